The second-order valence-electron chi connectivity index (χ2n) is 35.3. The topological polar surface area (TPSA) is 133 Å². The lowest BCUT2D eigenvalue weighted by atomic mass is 10.0. The van der Waals surface area contributed by atoms with Crippen LogP contribution in [0.2, 0.25) is 0 Å². The monoisotopic (exact) mass is 1790 g/mol. The molecule has 0 unspecified atom stereocenters. The number of hydrogen-bond donors (Lipinski definition) is 0. The highest BCUT2D eigenvalue weighted by atomic mass is 15.2. The van der Waals surface area contributed by atoms with Gasteiger partial charge in [0.05, 0.1) is 77.2 Å². The predicted octanol–water partition coefficient (Wildman–Crippen LogP) is 31.1. The Labute approximate surface area is 802 Å². The average Bonchev–Trinajstić information content (AvgIpc) is 1.55. The summed E-state index contributed by atoms with van der Waals surface area (Å²) in [6, 6.07) is 168. The maximum absolute atomic E-state index is 5.33. The van der Waals surface area contributed by atoms with E-state index in [4.69, 9.17) is 34.9 Å². The molecule has 0 atom stereocenters. The van der Waals surface area contributed by atoms with Gasteiger partial charge in [-0.25, -0.2) is 15.0 Å². The van der Waals surface area contributed by atoms with Crippen LogP contribution in [0.4, 0.5) is 0 Å². The molecule has 0 aliphatic rings. The molecule has 14 heteroatoms. The van der Waals surface area contributed by atoms with Gasteiger partial charge in [0.15, 0.2) is 23.3 Å². The van der Waals surface area contributed by atoms with Crippen molar-refractivity contribution in [3.05, 3.63) is 485 Å². The van der Waals surface area contributed by atoms with Gasteiger partial charge in [0, 0.05) is 116 Å². The van der Waals surface area contributed by atoms with Crippen molar-refractivity contribution >= 4 is 153 Å². The minimum Gasteiger partial charge on any atom is -0.309 e. The van der Waals surface area contributed by atoms with Crippen molar-refractivity contribution in [1.82, 2.24) is 67.3 Å². The molecule has 14 nitrogen and oxygen atoms in total. The van der Waals surface area contributed by atoms with Gasteiger partial charge in [-0.3, -0.25) is 18.7 Å². The van der Waals surface area contributed by atoms with Crippen molar-refractivity contribution in [3.63, 3.8) is 0 Å². The van der Waals surface area contributed by atoms with Gasteiger partial charge in [-0.15, -0.1) is 0 Å². The minimum absolute atomic E-state index is 0.583. The summed E-state index contributed by atoms with van der Waals surface area (Å²) >= 11 is 0. The van der Waals surface area contributed by atoms with Gasteiger partial charge >= 0.3 is 0 Å². The molecule has 10 heterocycles. The first-order chi connectivity index (χ1) is 69.5. The fraction of sp³-hybridized carbons (Fsp3) is 0. The normalized spacial score (nSPS) is 11.7. The van der Waals surface area contributed by atoms with E-state index in [0.29, 0.717) is 35.2 Å². The van der Waals surface area contributed by atoms with E-state index < -0.39 is 0 Å². The number of hydrogen-bond acceptors (Lipinski definition) is 8. The molecule has 0 radical (unpaired) electrons. The van der Waals surface area contributed by atoms with Crippen molar-refractivity contribution in [2.75, 3.05) is 0 Å². The van der Waals surface area contributed by atoms with E-state index in [-0.39, 0.29) is 0 Å². The predicted molar refractivity (Wildman–Crippen MR) is 575 cm³/mol. The molecule has 0 aliphatic heterocycles. The SMILES string of the molecule is c1ccc(-c2cc3ncccc3nc2-n2c3ccccc3c3cc4c5c6ccccc6ccc5n(-c5ccccc5)c4cc32)cc1.c1ccc(-c2ccc3c(c2)c2c4c5ccccc5n(-c5nc(-c6ccccc6)nc(-c6ccccc6)n5)c4ccc2n3-c2ccccc2)cc1.c1ccc(-c2nc(-c3ccccc3)nc(-n3c4ccccc4c4c5c6ccccc6n(-c6ccccc6)c5ccc43)n2)cc1. The molecule has 29 rings (SSSR count). The molecule has 0 saturated heterocycles. The number of nitrogens with zero attached hydrogens (tertiary/aromatic N) is 14. The zero-order valence-corrected chi connectivity index (χ0v) is 75.4. The third-order valence-corrected chi connectivity index (χ3v) is 27.3. The van der Waals surface area contributed by atoms with Gasteiger partial charge in [0.25, 0.3) is 0 Å². The number of aromatic nitrogens is 14. The smallest absolute Gasteiger partial charge is 0.238 e. The largest absolute Gasteiger partial charge is 0.309 e. The maximum Gasteiger partial charge on any atom is 0.238 e. The van der Waals surface area contributed by atoms with Crippen LogP contribution in [0.25, 0.3) is 255 Å². The first-order valence-corrected chi connectivity index (χ1v) is 47.1. The quantitative estimate of drug-likeness (QED) is 0.118. The Morgan fingerprint density at radius 2 is 0.486 bits per heavy atom. The highest BCUT2D eigenvalue weighted by molar-refractivity contribution is 6.31. The summed E-state index contributed by atoms with van der Waals surface area (Å²) in [6.07, 6.45) is 1.84. The summed E-state index contributed by atoms with van der Waals surface area (Å²) < 4.78 is 13.9. The lowest BCUT2D eigenvalue weighted by Gasteiger charge is -2.14. The van der Waals surface area contributed by atoms with Gasteiger partial charge in [0.1, 0.15) is 5.82 Å². The molecule has 654 valence electrons. The molecule has 140 heavy (non-hydrogen) atoms. The average molecular weight is 1790 g/mol. The summed E-state index contributed by atoms with van der Waals surface area (Å²) in [5.74, 6) is 4.62. The number of benzene rings is 19. The van der Waals surface area contributed by atoms with Gasteiger partial charge < -0.3 is 13.7 Å². The summed E-state index contributed by atoms with van der Waals surface area (Å²) in [5, 5.41) is 16.9. The molecule has 0 N–H and O–H groups in total. The van der Waals surface area contributed by atoms with E-state index in [1.807, 2.05) is 140 Å². The van der Waals surface area contributed by atoms with E-state index >= 15 is 0 Å². The zero-order valence-electron chi connectivity index (χ0n) is 75.4. The van der Waals surface area contributed by atoms with Crippen molar-refractivity contribution < 1.29 is 0 Å². The number of para-hydroxylation sites is 7. The Kier molecular flexibility index (Phi) is 19.2. The third-order valence-electron chi connectivity index (χ3n) is 27.3. The van der Waals surface area contributed by atoms with Crippen LogP contribution in [-0.2, 0) is 0 Å². The molecule has 0 bridgehead atoms. The van der Waals surface area contributed by atoms with Crippen LogP contribution < -0.4 is 0 Å². The van der Waals surface area contributed by atoms with Crippen LogP contribution in [0, 0.1) is 0 Å². The van der Waals surface area contributed by atoms with Crippen LogP contribution in [0.15, 0.2) is 485 Å². The van der Waals surface area contributed by atoms with Crippen molar-refractivity contribution in [3.8, 4) is 103 Å². The molecular formula is C126H80N14. The Morgan fingerprint density at radius 1 is 0.157 bits per heavy atom. The maximum atomic E-state index is 5.33. The van der Waals surface area contributed by atoms with Crippen LogP contribution in [0.3, 0.4) is 0 Å². The van der Waals surface area contributed by atoms with E-state index in [0.717, 1.165) is 128 Å². The summed E-state index contributed by atoms with van der Waals surface area (Å²) in [5.41, 5.74) is 26.9. The standard InChI is InChI=1S/C45H29N5.C42H26N4.C39H25N5/c1-5-15-30(16-6-1)33-25-26-38-36(29-33)42-39(49(38)34-21-11-4-12-22-34)27-28-40-41(42)35-23-13-14-24-37(35)50(40)45-47-43(31-17-7-2-8-18-31)46-44(48-45)32-19-9-3-10-20-32;1-3-12-27(13-4-1)32-25-36-35(19-11-23-43-36)44-42(32)46-37-20-10-9-18-31(37)33-24-34-40(26-39(33)46)45(29-15-5-2-6-16-29)38-22-21-28-14-7-8-17-30(28)41(34)38;1-4-14-26(15-5-1)37-40-38(27-16-6-2-7-17-27)42-39(41-37)44-32-23-13-11-21-30(32)36-34(44)25-24-33-35(36)29-20-10-12-22-31(29)43(33)28-18-8-3-9-19-28/h1-29H;1-26H;1-25H. The molecule has 0 saturated carbocycles. The van der Waals surface area contributed by atoms with E-state index in [9.17, 15) is 0 Å². The molecule has 10 aromatic heterocycles. The summed E-state index contributed by atoms with van der Waals surface area (Å²) in [6.45, 7) is 0. The molecule has 0 spiro atoms. The Balaban J connectivity index is 0.000000106. The first-order valence-electron chi connectivity index (χ1n) is 47.1. The van der Waals surface area contributed by atoms with Crippen LogP contribution >= 0.6 is 0 Å². The van der Waals surface area contributed by atoms with Crippen LogP contribution in [0.5, 0.6) is 0 Å². The number of fused-ring (bicyclic) bond motifs is 23. The molecule has 0 amide bonds. The number of pyridine rings is 2. The van der Waals surface area contributed by atoms with Crippen molar-refractivity contribution in [1.29, 1.82) is 0 Å². The molecule has 0 aliphatic carbocycles. The second kappa shape index (κ2) is 33.5. The Bertz CT molecular complexity index is 9800. The minimum atomic E-state index is 0.583. The second-order valence-corrected chi connectivity index (χ2v) is 35.3. The van der Waals surface area contributed by atoms with E-state index in [1.54, 1.807) is 0 Å². The summed E-state index contributed by atoms with van der Waals surface area (Å²) in [4.78, 5) is 40.4. The number of rotatable bonds is 12. The van der Waals surface area contributed by atoms with Gasteiger partial charge in [-0.1, -0.05) is 346 Å². The highest BCUT2D eigenvalue weighted by Crippen LogP contribution is 2.49. The zero-order chi connectivity index (χ0) is 92.2. The molecule has 19 aromatic carbocycles. The fourth-order valence-corrected chi connectivity index (χ4v) is 21.2. The highest BCUT2D eigenvalue weighted by Gasteiger charge is 2.29. The first kappa shape index (κ1) is 80.5. The Hall–Kier alpha value is -19.2. The fourth-order valence-electron chi connectivity index (χ4n) is 21.2. The van der Waals surface area contributed by atoms with Gasteiger partial charge in [0.2, 0.25) is 11.9 Å². The van der Waals surface area contributed by atoms with Crippen molar-refractivity contribution in [2.24, 2.45) is 0 Å². The lowest BCUT2D eigenvalue weighted by Crippen LogP contribution is -2.06. The van der Waals surface area contributed by atoms with Gasteiger partial charge in [-0.05, 0) is 161 Å². The van der Waals surface area contributed by atoms with Crippen LogP contribution in [-0.4, -0.2) is 67.3 Å². The molecule has 0 fully saturated rings. The van der Waals surface area contributed by atoms with Crippen molar-refractivity contribution in [2.45, 2.75) is 0 Å². The van der Waals surface area contributed by atoms with E-state index in [1.165, 1.54) is 92.3 Å². The third kappa shape index (κ3) is 13.4. The summed E-state index contributed by atoms with van der Waals surface area (Å²) in [7, 11) is 0. The van der Waals surface area contributed by atoms with E-state index in [2.05, 4.69) is 378 Å². The Morgan fingerprint density at radius 3 is 0.950 bits per heavy atom. The molecular weight excluding hydrogens is 1710 g/mol. The van der Waals surface area contributed by atoms with Gasteiger partial charge in [-0.2, -0.15) is 19.9 Å². The molecule has 29 aromatic rings. The van der Waals surface area contributed by atoms with Crippen LogP contribution in [0.1, 0.15) is 0 Å². The lowest BCUT2D eigenvalue weighted by molar-refractivity contribution is 0.953.